The SMILES string of the molecule is CC(=O)c1ccc(O)cc1.CC(=O)c1ccc(OC2CCN(C(=O)OC(C)(C)C)CC2)cc1.CC(C)(C)OC(=O)N1CCC(O)CC1.CC(C)(C)OC(=O)N1CCC(Oc2ccc(C(=O)O)cc2)CC1.CC(I)(I)I. The molecule has 3 fully saturated rings. The lowest BCUT2D eigenvalue weighted by molar-refractivity contribution is 0.00940. The molecule has 6 rings (SSSR count). The average Bonchev–Trinajstić information content (AvgIpc) is 3.29. The Kier molecular flexibility index (Phi) is 27.9. The van der Waals surface area contributed by atoms with Gasteiger partial charge in [-0.3, -0.25) is 9.59 Å². The molecule has 0 unspecified atom stereocenters. The number of piperidine rings is 3. The molecule has 0 atom stereocenters. The number of carbonyl (C=O) groups is 6. The summed E-state index contributed by atoms with van der Waals surface area (Å²) in [7, 11) is 0. The van der Waals surface area contributed by atoms with Crippen molar-refractivity contribution in [2.45, 2.75) is 156 Å². The van der Waals surface area contributed by atoms with Crippen molar-refractivity contribution >= 4 is 104 Å². The first-order valence-corrected chi connectivity index (χ1v) is 28.1. The van der Waals surface area contributed by atoms with E-state index in [1.54, 1.807) is 58.0 Å². The molecule has 3 heterocycles. The molecule has 75 heavy (non-hydrogen) atoms. The fourth-order valence-electron chi connectivity index (χ4n) is 6.87. The van der Waals surface area contributed by atoms with Crippen LogP contribution >= 0.6 is 67.8 Å². The molecule has 20 heteroatoms. The summed E-state index contributed by atoms with van der Waals surface area (Å²) in [5.41, 5.74) is 0.138. The molecule has 3 amide bonds. The second-order valence-electron chi connectivity index (χ2n) is 21.1. The zero-order valence-corrected chi connectivity index (χ0v) is 51.9. The second-order valence-corrected chi connectivity index (χ2v) is 33.7. The number of carboxylic acids is 1. The maximum Gasteiger partial charge on any atom is 0.410 e. The van der Waals surface area contributed by atoms with Gasteiger partial charge in [0.15, 0.2) is 11.6 Å². The number of nitrogens with zero attached hydrogens (tertiary/aromatic N) is 3. The van der Waals surface area contributed by atoms with Crippen LogP contribution in [0.4, 0.5) is 14.4 Å². The molecule has 0 saturated carbocycles. The van der Waals surface area contributed by atoms with E-state index in [4.69, 9.17) is 33.9 Å². The Hall–Kier alpha value is -4.17. The first-order chi connectivity index (χ1) is 34.6. The fraction of sp³-hybridized carbons (Fsp3) is 0.564. The van der Waals surface area contributed by atoms with Gasteiger partial charge in [0.2, 0.25) is 0 Å². The lowest BCUT2D eigenvalue weighted by Crippen LogP contribution is -2.44. The van der Waals surface area contributed by atoms with Crippen LogP contribution < -0.4 is 9.47 Å². The maximum absolute atomic E-state index is 12.0. The number of ketones is 2. The van der Waals surface area contributed by atoms with Gasteiger partial charge in [-0.2, -0.15) is 0 Å². The summed E-state index contributed by atoms with van der Waals surface area (Å²) in [6.45, 7) is 25.5. The standard InChI is InChI=1S/C18H25NO4.C17H23NO5.C10H19NO3.C8H8O2.C2H3I3/c1-13(20)14-5-7-15(8-6-14)22-16-9-11-19(12-10-16)17(21)23-18(2,3)4;1-17(2,3)23-16(21)18-10-8-14(9-11-18)22-13-6-4-12(5-7-13)15(19)20;1-10(2,3)14-9(13)11-6-4-8(12)5-7-11;1-6(9)7-2-4-8(10)5-3-7;1-2(3,4)5/h5-8,16H,9-12H2,1-4H3;4-7,14H,8-11H2,1-3H3,(H,19,20);8,12H,4-7H2,1-3H3;2-5,10H,1H3;1H3. The maximum atomic E-state index is 12.0. The largest absolute Gasteiger partial charge is 0.508 e. The van der Waals surface area contributed by atoms with Gasteiger partial charge in [-0.1, -0.05) is 67.8 Å². The number of amides is 3. The van der Waals surface area contributed by atoms with E-state index in [1.165, 1.54) is 31.2 Å². The van der Waals surface area contributed by atoms with Crippen LogP contribution in [0.1, 0.15) is 153 Å². The predicted molar refractivity (Wildman–Crippen MR) is 314 cm³/mol. The number of hydrogen-bond donors (Lipinski definition) is 3. The van der Waals surface area contributed by atoms with Crippen LogP contribution in [0.5, 0.6) is 17.2 Å². The van der Waals surface area contributed by atoms with Gasteiger partial charge in [-0.15, -0.1) is 0 Å². The highest BCUT2D eigenvalue weighted by Gasteiger charge is 2.30. The molecule has 3 N–H and O–H groups in total. The number of carbonyl (C=O) groups excluding carboxylic acids is 5. The average molecular weight is 1390 g/mol. The number of benzene rings is 3. The van der Waals surface area contributed by atoms with Crippen molar-refractivity contribution in [1.29, 1.82) is 0 Å². The Morgan fingerprint density at radius 1 is 0.467 bits per heavy atom. The highest BCUT2D eigenvalue weighted by molar-refractivity contribution is 14.3. The normalized spacial score (nSPS) is 15.5. The van der Waals surface area contributed by atoms with Crippen molar-refractivity contribution in [2.75, 3.05) is 39.3 Å². The van der Waals surface area contributed by atoms with Crippen LogP contribution in [0.2, 0.25) is 0 Å². The zero-order valence-electron chi connectivity index (χ0n) is 45.5. The zero-order chi connectivity index (χ0) is 56.9. The van der Waals surface area contributed by atoms with Crippen LogP contribution in [-0.2, 0) is 14.2 Å². The van der Waals surface area contributed by atoms with Crippen LogP contribution in [0, 0.1) is 0 Å². The monoisotopic (exact) mass is 1390 g/mol. The molecule has 3 aliphatic heterocycles. The molecular formula is C55H78I3N3O14. The van der Waals surface area contributed by atoms with E-state index < -0.39 is 22.8 Å². The van der Waals surface area contributed by atoms with Crippen LogP contribution in [0.15, 0.2) is 72.8 Å². The molecular weight excluding hydrogens is 1310 g/mol. The molecule has 17 nitrogen and oxygen atoms in total. The number of phenols is 1. The summed E-state index contributed by atoms with van der Waals surface area (Å²) in [6, 6.07) is 19.7. The number of Topliss-reactive ketones (excluding diaryl/α,β-unsaturated/α-hetero) is 2. The molecule has 3 aromatic carbocycles. The number of aliphatic hydroxyl groups excluding tert-OH is 1. The van der Waals surface area contributed by atoms with E-state index in [2.05, 4.69) is 74.7 Å². The number of aromatic carboxylic acids is 1. The third kappa shape index (κ3) is 30.4. The lowest BCUT2D eigenvalue weighted by atomic mass is 10.1. The molecule has 0 radical (unpaired) electrons. The van der Waals surface area contributed by atoms with Gasteiger partial charge in [-0.05, 0) is 169 Å². The number of aromatic hydroxyl groups is 1. The Labute approximate surface area is 484 Å². The fourth-order valence-corrected chi connectivity index (χ4v) is 6.87. The molecule has 0 aliphatic carbocycles. The first-order valence-electron chi connectivity index (χ1n) is 24.8. The summed E-state index contributed by atoms with van der Waals surface area (Å²) < 4.78 is 28.1. The van der Waals surface area contributed by atoms with Gasteiger partial charge in [0.05, 0.1) is 11.7 Å². The number of carboxylic acid groups (broad SMARTS) is 1. The molecule has 0 bridgehead atoms. The van der Waals surface area contributed by atoms with Crippen LogP contribution in [-0.4, -0.2) is 140 Å². The minimum Gasteiger partial charge on any atom is -0.508 e. The Balaban J connectivity index is 0.000000345. The van der Waals surface area contributed by atoms with Gasteiger partial charge < -0.3 is 53.7 Å². The minimum absolute atomic E-state index is 0.0139. The minimum atomic E-state index is -0.956. The molecule has 3 aliphatic rings. The number of halogens is 3. The van der Waals surface area contributed by atoms with E-state index in [-0.39, 0.29) is 59.5 Å². The summed E-state index contributed by atoms with van der Waals surface area (Å²) in [5.74, 6) is 0.686. The highest BCUT2D eigenvalue weighted by atomic mass is 127. The number of aliphatic hydroxyl groups is 1. The summed E-state index contributed by atoms with van der Waals surface area (Å²) in [4.78, 5) is 73.4. The summed E-state index contributed by atoms with van der Waals surface area (Å²) in [6.07, 6.45) is 3.31. The number of rotatable bonds is 7. The lowest BCUT2D eigenvalue weighted by Gasteiger charge is -2.33. The Morgan fingerprint density at radius 2 is 0.720 bits per heavy atom. The summed E-state index contributed by atoms with van der Waals surface area (Å²) in [5, 5.41) is 27.0. The Bertz CT molecular complexity index is 2140. The topological polar surface area (TPSA) is 219 Å². The molecule has 0 spiro atoms. The predicted octanol–water partition coefficient (Wildman–Crippen LogP) is 12.8. The molecule has 3 aromatic rings. The quantitative estimate of drug-likeness (QED) is 0.0868. The van der Waals surface area contributed by atoms with Gasteiger partial charge in [0.1, 0.15) is 45.7 Å². The van der Waals surface area contributed by atoms with Crippen molar-refractivity contribution in [3.8, 4) is 17.2 Å². The second kappa shape index (κ2) is 31.3. The number of ether oxygens (including phenoxy) is 5. The summed E-state index contributed by atoms with van der Waals surface area (Å²) >= 11 is 7.05. The Morgan fingerprint density at radius 3 is 0.973 bits per heavy atom. The van der Waals surface area contributed by atoms with E-state index >= 15 is 0 Å². The van der Waals surface area contributed by atoms with E-state index in [0.717, 1.165) is 31.4 Å². The number of likely N-dealkylation sites (tertiary alicyclic amines) is 3. The van der Waals surface area contributed by atoms with Gasteiger partial charge in [0.25, 0.3) is 0 Å². The molecule has 0 aromatic heterocycles. The van der Waals surface area contributed by atoms with Crippen molar-refractivity contribution < 1.29 is 67.8 Å². The van der Waals surface area contributed by atoms with Crippen molar-refractivity contribution in [1.82, 2.24) is 14.7 Å². The third-order valence-corrected chi connectivity index (χ3v) is 10.5. The number of hydrogen-bond acceptors (Lipinski definition) is 13. The smallest absolute Gasteiger partial charge is 0.410 e. The van der Waals surface area contributed by atoms with E-state index in [1.807, 2.05) is 74.4 Å². The van der Waals surface area contributed by atoms with Gasteiger partial charge in [-0.25, -0.2) is 19.2 Å². The van der Waals surface area contributed by atoms with Crippen LogP contribution in [0.3, 0.4) is 0 Å². The van der Waals surface area contributed by atoms with Crippen molar-refractivity contribution in [2.24, 2.45) is 0 Å². The van der Waals surface area contributed by atoms with Gasteiger partial charge in [0, 0.05) is 76.1 Å². The van der Waals surface area contributed by atoms with Crippen LogP contribution in [0.25, 0.3) is 0 Å². The number of phenolic OH excluding ortho intramolecular Hbond substituents is 1. The van der Waals surface area contributed by atoms with Crippen molar-refractivity contribution in [3.63, 3.8) is 0 Å². The third-order valence-electron chi connectivity index (χ3n) is 10.5. The number of alkyl halides is 3. The van der Waals surface area contributed by atoms with Gasteiger partial charge >= 0.3 is 24.2 Å². The van der Waals surface area contributed by atoms with E-state index in [9.17, 15) is 33.9 Å². The molecule has 418 valence electrons. The molecule has 3 saturated heterocycles. The van der Waals surface area contributed by atoms with Crippen molar-refractivity contribution in [3.05, 3.63) is 89.5 Å². The highest BCUT2D eigenvalue weighted by Crippen LogP contribution is 2.33. The van der Waals surface area contributed by atoms with E-state index in [0.29, 0.717) is 68.4 Å². The first kappa shape index (κ1) is 66.9.